The fourth-order valence-electron chi connectivity index (χ4n) is 3.25. The van der Waals surface area contributed by atoms with Crippen LogP contribution in [0, 0.1) is 0 Å². The van der Waals surface area contributed by atoms with Gasteiger partial charge >= 0.3 is 5.97 Å². The summed E-state index contributed by atoms with van der Waals surface area (Å²) in [6.07, 6.45) is 8.51. The summed E-state index contributed by atoms with van der Waals surface area (Å²) in [4.78, 5) is 12.1. The van der Waals surface area contributed by atoms with Crippen molar-refractivity contribution in [2.45, 2.75) is 25.7 Å². The van der Waals surface area contributed by atoms with Gasteiger partial charge in [0.2, 0.25) is 0 Å². The predicted molar refractivity (Wildman–Crippen MR) is 91.6 cm³/mol. The summed E-state index contributed by atoms with van der Waals surface area (Å²) >= 11 is 0. The van der Waals surface area contributed by atoms with Crippen molar-refractivity contribution in [3.05, 3.63) is 82.4 Å². The van der Waals surface area contributed by atoms with Gasteiger partial charge in [0.15, 0.2) is 0 Å². The van der Waals surface area contributed by atoms with Gasteiger partial charge in [0.05, 0.1) is 5.57 Å². The first-order valence-corrected chi connectivity index (χ1v) is 8.12. The van der Waals surface area contributed by atoms with E-state index < -0.39 is 0 Å². The van der Waals surface area contributed by atoms with E-state index in [0.29, 0.717) is 11.3 Å². The van der Waals surface area contributed by atoms with Gasteiger partial charge in [0.1, 0.15) is 5.76 Å². The fourth-order valence-corrected chi connectivity index (χ4v) is 3.25. The molecular weight excluding hydrogens is 284 g/mol. The van der Waals surface area contributed by atoms with Crippen LogP contribution in [0.3, 0.4) is 0 Å². The molecule has 0 spiro atoms. The number of cyclic esters (lactones) is 1. The average Bonchev–Trinajstić information content (AvgIpc) is 2.96. The number of carbonyl (C=O) groups is 1. The monoisotopic (exact) mass is 302 g/mol. The molecule has 2 aliphatic rings. The van der Waals surface area contributed by atoms with Crippen LogP contribution < -0.4 is 0 Å². The maximum atomic E-state index is 12.1. The third kappa shape index (κ3) is 2.85. The number of esters is 1. The van der Waals surface area contributed by atoms with E-state index in [2.05, 4.69) is 18.2 Å². The van der Waals surface area contributed by atoms with Crippen molar-refractivity contribution < 1.29 is 9.53 Å². The maximum Gasteiger partial charge on any atom is 0.343 e. The van der Waals surface area contributed by atoms with Crippen LogP contribution in [0.2, 0.25) is 0 Å². The summed E-state index contributed by atoms with van der Waals surface area (Å²) in [5.41, 5.74) is 5.43. The van der Waals surface area contributed by atoms with E-state index in [1.807, 2.05) is 42.5 Å². The van der Waals surface area contributed by atoms with E-state index in [4.69, 9.17) is 4.74 Å². The molecule has 23 heavy (non-hydrogen) atoms. The van der Waals surface area contributed by atoms with E-state index >= 15 is 0 Å². The summed E-state index contributed by atoms with van der Waals surface area (Å²) in [6, 6.07) is 16.3. The quantitative estimate of drug-likeness (QED) is 0.601. The van der Waals surface area contributed by atoms with Gasteiger partial charge in [-0.3, -0.25) is 0 Å². The molecule has 1 heterocycles. The van der Waals surface area contributed by atoms with Crippen LogP contribution in [0.1, 0.15) is 35.1 Å². The highest BCUT2D eigenvalue weighted by molar-refractivity contribution is 6.05. The van der Waals surface area contributed by atoms with Crippen LogP contribution in [-0.2, 0) is 22.4 Å². The topological polar surface area (TPSA) is 26.3 Å². The van der Waals surface area contributed by atoms with E-state index in [-0.39, 0.29) is 5.97 Å². The largest absolute Gasteiger partial charge is 0.422 e. The summed E-state index contributed by atoms with van der Waals surface area (Å²) in [7, 11) is 0. The van der Waals surface area contributed by atoms with Crippen molar-refractivity contribution >= 4 is 17.8 Å². The number of hydrogen-bond acceptors (Lipinski definition) is 2. The minimum atomic E-state index is -0.276. The van der Waals surface area contributed by atoms with Gasteiger partial charge in [-0.15, -0.1) is 0 Å². The standard InChI is InChI=1S/C21H18O2/c22-21-19(12-15-6-2-1-3-7-15)14-20(23-21)18-11-10-16-8-4-5-9-17(16)13-18/h1-3,6-7,10-14H,4-5,8-9H2/b19-12+. The smallest absolute Gasteiger partial charge is 0.343 e. The molecule has 2 nitrogen and oxygen atoms in total. The number of rotatable bonds is 2. The molecule has 2 heteroatoms. The Morgan fingerprint density at radius 2 is 1.70 bits per heavy atom. The molecule has 1 aliphatic carbocycles. The lowest BCUT2D eigenvalue weighted by Gasteiger charge is -2.16. The van der Waals surface area contributed by atoms with E-state index in [0.717, 1.165) is 24.0 Å². The molecule has 0 N–H and O–H groups in total. The van der Waals surface area contributed by atoms with E-state index in [1.165, 1.54) is 24.0 Å². The van der Waals surface area contributed by atoms with Crippen LogP contribution in [0.5, 0.6) is 0 Å². The zero-order chi connectivity index (χ0) is 15.6. The Hall–Kier alpha value is -2.61. The van der Waals surface area contributed by atoms with Crippen LogP contribution >= 0.6 is 0 Å². The number of aryl methyl sites for hydroxylation is 2. The van der Waals surface area contributed by atoms with E-state index in [1.54, 1.807) is 0 Å². The minimum Gasteiger partial charge on any atom is -0.422 e. The van der Waals surface area contributed by atoms with E-state index in [9.17, 15) is 4.79 Å². The normalized spacial score (nSPS) is 18.5. The summed E-state index contributed by atoms with van der Waals surface area (Å²) in [5, 5.41) is 0. The van der Waals surface area contributed by atoms with Crippen molar-refractivity contribution in [3.8, 4) is 0 Å². The maximum absolute atomic E-state index is 12.1. The highest BCUT2D eigenvalue weighted by Crippen LogP contribution is 2.30. The second-order valence-corrected chi connectivity index (χ2v) is 6.10. The zero-order valence-electron chi connectivity index (χ0n) is 12.9. The molecule has 2 aromatic rings. The molecule has 0 amide bonds. The Balaban J connectivity index is 1.66. The molecule has 0 saturated carbocycles. The molecule has 0 radical (unpaired) electrons. The minimum absolute atomic E-state index is 0.276. The van der Waals surface area contributed by atoms with Crippen LogP contribution in [0.4, 0.5) is 0 Å². The molecule has 0 atom stereocenters. The van der Waals surface area contributed by atoms with Gasteiger partial charge in [-0.05, 0) is 60.6 Å². The Bertz CT molecular complexity index is 813. The van der Waals surface area contributed by atoms with Crippen LogP contribution in [0.15, 0.2) is 60.2 Å². The first kappa shape index (κ1) is 14.0. The zero-order valence-corrected chi connectivity index (χ0v) is 12.9. The number of ether oxygens (including phenoxy) is 1. The molecule has 2 aromatic carbocycles. The highest BCUT2D eigenvalue weighted by Gasteiger charge is 2.22. The third-order valence-corrected chi connectivity index (χ3v) is 4.48. The van der Waals surface area contributed by atoms with Gasteiger partial charge in [0, 0.05) is 5.56 Å². The Labute approximate surface area is 136 Å². The molecule has 1 aliphatic heterocycles. The lowest BCUT2D eigenvalue weighted by Crippen LogP contribution is -2.03. The Morgan fingerprint density at radius 1 is 0.913 bits per heavy atom. The molecule has 0 fully saturated rings. The van der Waals surface area contributed by atoms with Crippen molar-refractivity contribution in [2.75, 3.05) is 0 Å². The number of benzene rings is 2. The van der Waals surface area contributed by atoms with Gasteiger partial charge in [-0.1, -0.05) is 42.5 Å². The second kappa shape index (κ2) is 5.88. The van der Waals surface area contributed by atoms with Crippen molar-refractivity contribution in [1.29, 1.82) is 0 Å². The Kier molecular flexibility index (Phi) is 3.58. The molecule has 0 unspecified atom stereocenters. The van der Waals surface area contributed by atoms with Crippen molar-refractivity contribution in [1.82, 2.24) is 0 Å². The van der Waals surface area contributed by atoms with Gasteiger partial charge in [-0.25, -0.2) is 4.79 Å². The molecule has 0 bridgehead atoms. The summed E-state index contributed by atoms with van der Waals surface area (Å²) in [6.45, 7) is 0. The average molecular weight is 302 g/mol. The fraction of sp³-hybridized carbons (Fsp3) is 0.190. The SMILES string of the molecule is O=C1OC(c2ccc3c(c2)CCCC3)=C/C1=C\c1ccccc1. The molecular formula is C21H18O2. The molecule has 114 valence electrons. The van der Waals surface area contributed by atoms with Crippen molar-refractivity contribution in [2.24, 2.45) is 0 Å². The number of hydrogen-bond donors (Lipinski definition) is 0. The molecule has 4 rings (SSSR count). The van der Waals surface area contributed by atoms with Gasteiger partial charge in [0.25, 0.3) is 0 Å². The highest BCUT2D eigenvalue weighted by atomic mass is 16.5. The third-order valence-electron chi connectivity index (χ3n) is 4.48. The molecule has 0 saturated heterocycles. The number of fused-ring (bicyclic) bond motifs is 1. The number of carbonyl (C=O) groups excluding carboxylic acids is 1. The summed E-state index contributed by atoms with van der Waals surface area (Å²) < 4.78 is 5.48. The summed E-state index contributed by atoms with van der Waals surface area (Å²) in [5.74, 6) is 0.382. The molecule has 0 aromatic heterocycles. The second-order valence-electron chi connectivity index (χ2n) is 6.10. The lowest BCUT2D eigenvalue weighted by atomic mass is 9.90. The van der Waals surface area contributed by atoms with Gasteiger partial charge in [-0.2, -0.15) is 0 Å². The predicted octanol–water partition coefficient (Wildman–Crippen LogP) is 4.55. The Morgan fingerprint density at radius 3 is 2.52 bits per heavy atom. The van der Waals surface area contributed by atoms with Crippen LogP contribution in [0.25, 0.3) is 11.8 Å². The first-order valence-electron chi connectivity index (χ1n) is 8.12. The van der Waals surface area contributed by atoms with Gasteiger partial charge < -0.3 is 4.74 Å². The van der Waals surface area contributed by atoms with Crippen LogP contribution in [-0.4, -0.2) is 5.97 Å². The van der Waals surface area contributed by atoms with Crippen molar-refractivity contribution in [3.63, 3.8) is 0 Å². The first-order chi connectivity index (χ1) is 11.3. The lowest BCUT2D eigenvalue weighted by molar-refractivity contribution is -0.130.